The second kappa shape index (κ2) is 4.42. The van der Waals surface area contributed by atoms with Gasteiger partial charge in [-0.25, -0.2) is 0 Å². The Labute approximate surface area is 102 Å². The summed E-state index contributed by atoms with van der Waals surface area (Å²) >= 11 is 5.12. The van der Waals surface area contributed by atoms with Gasteiger partial charge in [-0.3, -0.25) is 0 Å². The van der Waals surface area contributed by atoms with Crippen molar-refractivity contribution in [1.29, 1.82) is 0 Å². The van der Waals surface area contributed by atoms with Crippen LogP contribution in [0, 0.1) is 6.92 Å². The number of nitrogens with zero attached hydrogens (tertiary/aromatic N) is 1. The first kappa shape index (κ1) is 11.4. The standard InChI is InChI=1S/C13H18N2S/c1-9-5-6-11(13(14)16)12(8-9)15-7-3-4-10(15)2/h5-6,8,10H,3-4,7H2,1-2H3,(H2,14,16). The lowest BCUT2D eigenvalue weighted by Crippen LogP contribution is -2.29. The van der Waals surface area contributed by atoms with Crippen LogP contribution in [0.1, 0.15) is 30.9 Å². The summed E-state index contributed by atoms with van der Waals surface area (Å²) in [5, 5.41) is 0. The van der Waals surface area contributed by atoms with Gasteiger partial charge in [0.2, 0.25) is 0 Å². The predicted octanol–water partition coefficient (Wildman–Crippen LogP) is 2.62. The van der Waals surface area contributed by atoms with Crippen molar-refractivity contribution in [2.24, 2.45) is 5.73 Å². The van der Waals surface area contributed by atoms with E-state index in [4.69, 9.17) is 18.0 Å². The van der Waals surface area contributed by atoms with Gasteiger partial charge in [0.1, 0.15) is 4.99 Å². The molecule has 1 aromatic rings. The van der Waals surface area contributed by atoms with E-state index in [1.807, 2.05) is 6.07 Å². The van der Waals surface area contributed by atoms with Gasteiger partial charge in [-0.05, 0) is 44.4 Å². The average Bonchev–Trinajstić information content (AvgIpc) is 2.63. The SMILES string of the molecule is Cc1ccc(C(N)=S)c(N2CCCC2C)c1. The molecule has 1 atom stereocenters. The van der Waals surface area contributed by atoms with E-state index in [0.717, 1.165) is 12.1 Å². The Balaban J connectivity index is 2.44. The minimum Gasteiger partial charge on any atom is -0.389 e. The van der Waals surface area contributed by atoms with Crippen molar-refractivity contribution in [1.82, 2.24) is 0 Å². The molecule has 0 aromatic heterocycles. The van der Waals surface area contributed by atoms with Crippen molar-refractivity contribution in [2.75, 3.05) is 11.4 Å². The molecule has 0 spiro atoms. The monoisotopic (exact) mass is 234 g/mol. The van der Waals surface area contributed by atoms with Crippen LogP contribution in [0.5, 0.6) is 0 Å². The first-order valence-electron chi connectivity index (χ1n) is 5.76. The molecule has 2 rings (SSSR count). The molecule has 0 aliphatic carbocycles. The van der Waals surface area contributed by atoms with Crippen LogP contribution in [0.15, 0.2) is 18.2 Å². The molecular formula is C13H18N2S. The molecule has 0 radical (unpaired) electrons. The summed E-state index contributed by atoms with van der Waals surface area (Å²) in [7, 11) is 0. The molecule has 1 aliphatic rings. The fraction of sp³-hybridized carbons (Fsp3) is 0.462. The summed E-state index contributed by atoms with van der Waals surface area (Å²) in [6, 6.07) is 6.89. The van der Waals surface area contributed by atoms with Gasteiger partial charge in [0.15, 0.2) is 0 Å². The smallest absolute Gasteiger partial charge is 0.106 e. The van der Waals surface area contributed by atoms with Crippen molar-refractivity contribution in [3.8, 4) is 0 Å². The molecule has 1 aromatic carbocycles. The first-order chi connectivity index (χ1) is 7.59. The van der Waals surface area contributed by atoms with Crippen molar-refractivity contribution < 1.29 is 0 Å². The Bertz CT molecular complexity index is 414. The summed E-state index contributed by atoms with van der Waals surface area (Å²) in [4.78, 5) is 2.91. The zero-order chi connectivity index (χ0) is 11.7. The number of hydrogen-bond donors (Lipinski definition) is 1. The lowest BCUT2D eigenvalue weighted by Gasteiger charge is -2.26. The lowest BCUT2D eigenvalue weighted by molar-refractivity contribution is 0.734. The first-order valence-corrected chi connectivity index (χ1v) is 6.17. The molecule has 1 fully saturated rings. The molecule has 86 valence electrons. The fourth-order valence-electron chi connectivity index (χ4n) is 2.38. The molecular weight excluding hydrogens is 216 g/mol. The van der Waals surface area contributed by atoms with Crippen LogP contribution in [-0.2, 0) is 0 Å². The minimum absolute atomic E-state index is 0.495. The highest BCUT2D eigenvalue weighted by atomic mass is 32.1. The fourth-order valence-corrected chi connectivity index (χ4v) is 2.55. The highest BCUT2D eigenvalue weighted by Gasteiger charge is 2.23. The Morgan fingerprint density at radius 1 is 1.50 bits per heavy atom. The van der Waals surface area contributed by atoms with E-state index in [1.165, 1.54) is 24.1 Å². The molecule has 1 aliphatic heterocycles. The van der Waals surface area contributed by atoms with Gasteiger partial charge in [-0.2, -0.15) is 0 Å². The van der Waals surface area contributed by atoms with Crippen LogP contribution in [0.3, 0.4) is 0 Å². The molecule has 1 saturated heterocycles. The molecule has 0 amide bonds. The van der Waals surface area contributed by atoms with Gasteiger partial charge >= 0.3 is 0 Å². The lowest BCUT2D eigenvalue weighted by atomic mass is 10.1. The van der Waals surface area contributed by atoms with Crippen molar-refractivity contribution in [3.05, 3.63) is 29.3 Å². The predicted molar refractivity (Wildman–Crippen MR) is 73.1 cm³/mol. The van der Waals surface area contributed by atoms with Gasteiger partial charge in [-0.1, -0.05) is 18.3 Å². The van der Waals surface area contributed by atoms with Crippen LogP contribution in [0.2, 0.25) is 0 Å². The molecule has 0 saturated carbocycles. The van der Waals surface area contributed by atoms with Crippen molar-refractivity contribution in [2.45, 2.75) is 32.7 Å². The number of hydrogen-bond acceptors (Lipinski definition) is 2. The summed E-state index contributed by atoms with van der Waals surface area (Å²) in [6.07, 6.45) is 2.51. The van der Waals surface area contributed by atoms with Crippen LogP contribution < -0.4 is 10.6 Å². The maximum atomic E-state index is 5.78. The topological polar surface area (TPSA) is 29.3 Å². The zero-order valence-corrected chi connectivity index (χ0v) is 10.7. The molecule has 3 heteroatoms. The van der Waals surface area contributed by atoms with E-state index < -0.39 is 0 Å². The van der Waals surface area contributed by atoms with Gasteiger partial charge < -0.3 is 10.6 Å². The summed E-state index contributed by atoms with van der Waals surface area (Å²) < 4.78 is 0. The van der Waals surface area contributed by atoms with E-state index >= 15 is 0 Å². The Hall–Kier alpha value is -1.09. The largest absolute Gasteiger partial charge is 0.389 e. The Morgan fingerprint density at radius 3 is 2.81 bits per heavy atom. The second-order valence-corrected chi connectivity index (χ2v) is 5.01. The summed E-state index contributed by atoms with van der Waals surface area (Å²) in [5.41, 5.74) is 9.26. The Morgan fingerprint density at radius 2 is 2.25 bits per heavy atom. The quantitative estimate of drug-likeness (QED) is 0.798. The van der Waals surface area contributed by atoms with Crippen LogP contribution in [0.25, 0.3) is 0 Å². The number of benzene rings is 1. The van der Waals surface area contributed by atoms with Gasteiger partial charge in [0.05, 0.1) is 0 Å². The van der Waals surface area contributed by atoms with E-state index in [0.29, 0.717) is 11.0 Å². The molecule has 16 heavy (non-hydrogen) atoms. The normalized spacial score (nSPS) is 20.1. The van der Waals surface area contributed by atoms with Gasteiger partial charge in [0.25, 0.3) is 0 Å². The van der Waals surface area contributed by atoms with E-state index in [1.54, 1.807) is 0 Å². The summed E-state index contributed by atoms with van der Waals surface area (Å²) in [5.74, 6) is 0. The van der Waals surface area contributed by atoms with Crippen molar-refractivity contribution in [3.63, 3.8) is 0 Å². The van der Waals surface area contributed by atoms with Crippen LogP contribution in [0.4, 0.5) is 5.69 Å². The molecule has 2 N–H and O–H groups in total. The second-order valence-electron chi connectivity index (χ2n) is 4.57. The number of nitrogens with two attached hydrogens (primary N) is 1. The third-order valence-electron chi connectivity index (χ3n) is 3.28. The maximum Gasteiger partial charge on any atom is 0.106 e. The molecule has 0 bridgehead atoms. The number of rotatable bonds is 2. The highest BCUT2D eigenvalue weighted by Crippen LogP contribution is 2.29. The third kappa shape index (κ3) is 2.05. The van der Waals surface area contributed by atoms with Gasteiger partial charge in [0, 0.05) is 23.8 Å². The molecule has 1 unspecified atom stereocenters. The Kier molecular flexibility index (Phi) is 3.15. The van der Waals surface area contributed by atoms with Crippen LogP contribution in [-0.4, -0.2) is 17.6 Å². The van der Waals surface area contributed by atoms with Crippen molar-refractivity contribution >= 4 is 22.9 Å². The average molecular weight is 234 g/mol. The highest BCUT2D eigenvalue weighted by molar-refractivity contribution is 7.80. The molecule has 1 heterocycles. The molecule has 2 nitrogen and oxygen atoms in total. The number of anilines is 1. The van der Waals surface area contributed by atoms with E-state index in [-0.39, 0.29) is 0 Å². The number of thiocarbonyl (C=S) groups is 1. The zero-order valence-electron chi connectivity index (χ0n) is 9.86. The summed E-state index contributed by atoms with van der Waals surface area (Å²) in [6.45, 7) is 5.48. The third-order valence-corrected chi connectivity index (χ3v) is 3.50. The van der Waals surface area contributed by atoms with E-state index in [2.05, 4.69) is 30.9 Å². The maximum absolute atomic E-state index is 5.78. The number of aryl methyl sites for hydroxylation is 1. The van der Waals surface area contributed by atoms with E-state index in [9.17, 15) is 0 Å². The van der Waals surface area contributed by atoms with Gasteiger partial charge in [-0.15, -0.1) is 0 Å². The minimum atomic E-state index is 0.495. The van der Waals surface area contributed by atoms with Crippen LogP contribution >= 0.6 is 12.2 Å².